The van der Waals surface area contributed by atoms with Crippen molar-refractivity contribution < 1.29 is 23.8 Å². The predicted molar refractivity (Wildman–Crippen MR) is 116 cm³/mol. The van der Waals surface area contributed by atoms with E-state index >= 15 is 0 Å². The summed E-state index contributed by atoms with van der Waals surface area (Å²) >= 11 is 0. The second-order valence-corrected chi connectivity index (χ2v) is 6.82. The molecule has 31 heavy (non-hydrogen) atoms. The Bertz CT molecular complexity index is 1210. The third kappa shape index (κ3) is 4.38. The van der Waals surface area contributed by atoms with Gasteiger partial charge >= 0.3 is 11.9 Å². The minimum atomic E-state index is -0.534. The van der Waals surface area contributed by atoms with Crippen LogP contribution in [0.15, 0.2) is 83.5 Å². The number of carbonyl (C=O) groups excluding carboxylic acids is 2. The number of aliphatic imine (C=N–C) groups is 1. The van der Waals surface area contributed by atoms with E-state index in [0.29, 0.717) is 16.9 Å². The molecule has 1 aliphatic rings. The zero-order valence-electron chi connectivity index (χ0n) is 17.0. The van der Waals surface area contributed by atoms with E-state index < -0.39 is 11.9 Å². The number of hydrogen-bond donors (Lipinski definition) is 0. The van der Waals surface area contributed by atoms with E-state index in [1.807, 2.05) is 49.4 Å². The van der Waals surface area contributed by atoms with Gasteiger partial charge in [-0.2, -0.15) is 0 Å². The van der Waals surface area contributed by atoms with E-state index in [4.69, 9.17) is 14.2 Å². The lowest BCUT2D eigenvalue weighted by atomic mass is 10.1. The fraction of sp³-hybridized carbons (Fsp3) is 0.0800. The summed E-state index contributed by atoms with van der Waals surface area (Å²) in [5, 5.41) is 0. The molecule has 154 valence electrons. The first-order valence-corrected chi connectivity index (χ1v) is 9.59. The van der Waals surface area contributed by atoms with Crippen molar-refractivity contribution in [2.24, 2.45) is 4.99 Å². The number of cyclic esters (lactones) is 1. The maximum atomic E-state index is 12.5. The molecule has 0 unspecified atom stereocenters. The van der Waals surface area contributed by atoms with E-state index in [0.717, 1.165) is 11.1 Å². The van der Waals surface area contributed by atoms with Crippen molar-refractivity contribution in [3.05, 3.63) is 101 Å². The number of methoxy groups -OCH3 is 1. The first-order valence-electron chi connectivity index (χ1n) is 9.59. The molecule has 0 amide bonds. The number of hydrogen-bond acceptors (Lipinski definition) is 6. The fourth-order valence-corrected chi connectivity index (χ4v) is 3.09. The van der Waals surface area contributed by atoms with Crippen molar-refractivity contribution in [2.45, 2.75) is 6.92 Å². The van der Waals surface area contributed by atoms with Gasteiger partial charge in [0.05, 0.1) is 12.7 Å². The van der Waals surface area contributed by atoms with Gasteiger partial charge < -0.3 is 14.2 Å². The molecule has 1 aliphatic heterocycles. The summed E-state index contributed by atoms with van der Waals surface area (Å²) in [6.45, 7) is 1.84. The van der Waals surface area contributed by atoms with Crippen LogP contribution in [0.5, 0.6) is 11.5 Å². The van der Waals surface area contributed by atoms with Gasteiger partial charge in [-0.15, -0.1) is 0 Å². The number of nitrogens with zero attached hydrogens (tertiary/aromatic N) is 1. The molecular weight excluding hydrogens is 394 g/mol. The standard InChI is InChI=1S/C25H19NO5/c1-16-8-6-7-11-19(16)24(27)30-21-13-12-17(15-22(21)29-2)14-20-25(28)31-23(26-20)18-9-4-3-5-10-18/h3-15H,1-2H3/b20-14-. The highest BCUT2D eigenvalue weighted by Gasteiger charge is 2.24. The number of benzene rings is 3. The zero-order valence-corrected chi connectivity index (χ0v) is 17.0. The molecule has 0 saturated carbocycles. The first-order chi connectivity index (χ1) is 15.0. The van der Waals surface area contributed by atoms with Crippen LogP contribution in [0, 0.1) is 6.92 Å². The van der Waals surface area contributed by atoms with Crippen molar-refractivity contribution in [2.75, 3.05) is 7.11 Å². The van der Waals surface area contributed by atoms with Crippen molar-refractivity contribution >= 4 is 23.9 Å². The summed E-state index contributed by atoms with van der Waals surface area (Å²) < 4.78 is 16.2. The monoisotopic (exact) mass is 413 g/mol. The number of aryl methyl sites for hydroxylation is 1. The molecule has 3 aromatic carbocycles. The van der Waals surface area contributed by atoms with Crippen LogP contribution >= 0.6 is 0 Å². The average Bonchev–Trinajstić information content (AvgIpc) is 3.15. The highest BCUT2D eigenvalue weighted by Crippen LogP contribution is 2.30. The average molecular weight is 413 g/mol. The van der Waals surface area contributed by atoms with Crippen LogP contribution < -0.4 is 9.47 Å². The Kier molecular flexibility index (Phi) is 5.62. The molecule has 3 aromatic rings. The highest BCUT2D eigenvalue weighted by atomic mass is 16.6. The Morgan fingerprint density at radius 2 is 1.71 bits per heavy atom. The molecule has 0 atom stereocenters. The molecule has 0 aromatic heterocycles. The molecule has 4 rings (SSSR count). The lowest BCUT2D eigenvalue weighted by Crippen LogP contribution is -2.10. The van der Waals surface area contributed by atoms with E-state index in [-0.39, 0.29) is 17.3 Å². The summed E-state index contributed by atoms with van der Waals surface area (Å²) in [4.78, 5) is 29.0. The van der Waals surface area contributed by atoms with Crippen molar-refractivity contribution in [3.8, 4) is 11.5 Å². The van der Waals surface area contributed by atoms with Crippen molar-refractivity contribution in [1.82, 2.24) is 0 Å². The molecule has 1 heterocycles. The Hall–Kier alpha value is -4.19. The summed E-state index contributed by atoms with van der Waals surface area (Å²) in [5.41, 5.74) is 2.84. The first kappa shape index (κ1) is 20.1. The van der Waals surface area contributed by atoms with Gasteiger partial charge in [-0.1, -0.05) is 42.5 Å². The molecule has 0 aliphatic carbocycles. The van der Waals surface area contributed by atoms with Gasteiger partial charge in [0.15, 0.2) is 17.2 Å². The third-order valence-electron chi connectivity index (χ3n) is 4.70. The van der Waals surface area contributed by atoms with Gasteiger partial charge in [0.2, 0.25) is 5.90 Å². The summed E-state index contributed by atoms with van der Waals surface area (Å²) in [5.74, 6) is -0.116. The quantitative estimate of drug-likeness (QED) is 0.348. The maximum Gasteiger partial charge on any atom is 0.363 e. The Morgan fingerprint density at radius 1 is 0.968 bits per heavy atom. The molecule has 0 fully saturated rings. The second-order valence-electron chi connectivity index (χ2n) is 6.82. The number of ether oxygens (including phenoxy) is 3. The van der Waals surface area contributed by atoms with Gasteiger partial charge in [-0.25, -0.2) is 14.6 Å². The molecule has 0 saturated heterocycles. The Labute approximate surface area is 179 Å². The Morgan fingerprint density at radius 3 is 2.45 bits per heavy atom. The lowest BCUT2D eigenvalue weighted by molar-refractivity contribution is -0.129. The minimum Gasteiger partial charge on any atom is -0.493 e. The minimum absolute atomic E-state index is 0.172. The maximum absolute atomic E-state index is 12.5. The third-order valence-corrected chi connectivity index (χ3v) is 4.70. The van der Waals surface area contributed by atoms with Gasteiger partial charge in [0.1, 0.15) is 0 Å². The number of carbonyl (C=O) groups is 2. The highest BCUT2D eigenvalue weighted by molar-refractivity contribution is 6.12. The van der Waals surface area contributed by atoms with Crippen LogP contribution in [0.1, 0.15) is 27.0 Å². The zero-order chi connectivity index (χ0) is 21.8. The van der Waals surface area contributed by atoms with Crippen LogP contribution in [0.4, 0.5) is 0 Å². The van der Waals surface area contributed by atoms with E-state index in [2.05, 4.69) is 4.99 Å². The van der Waals surface area contributed by atoms with E-state index in [1.54, 1.807) is 36.4 Å². The van der Waals surface area contributed by atoms with Crippen LogP contribution in [-0.2, 0) is 9.53 Å². The van der Waals surface area contributed by atoms with Crippen LogP contribution in [-0.4, -0.2) is 24.9 Å². The van der Waals surface area contributed by atoms with Crippen LogP contribution in [0.2, 0.25) is 0 Å². The lowest BCUT2D eigenvalue weighted by Gasteiger charge is -2.11. The normalized spacial score (nSPS) is 14.2. The van der Waals surface area contributed by atoms with E-state index in [1.165, 1.54) is 7.11 Å². The molecule has 6 nitrogen and oxygen atoms in total. The largest absolute Gasteiger partial charge is 0.493 e. The van der Waals surface area contributed by atoms with Crippen LogP contribution in [0.3, 0.4) is 0 Å². The second kappa shape index (κ2) is 8.67. The molecule has 0 bridgehead atoms. The molecular formula is C25H19NO5. The number of esters is 2. The SMILES string of the molecule is COc1cc(/C=C2\N=C(c3ccccc3)OC2=O)ccc1OC(=O)c1ccccc1C. The van der Waals surface area contributed by atoms with Gasteiger partial charge in [-0.05, 0) is 54.5 Å². The van der Waals surface area contributed by atoms with Crippen molar-refractivity contribution in [1.29, 1.82) is 0 Å². The van der Waals surface area contributed by atoms with E-state index in [9.17, 15) is 9.59 Å². The van der Waals surface area contributed by atoms with Gasteiger partial charge in [-0.3, -0.25) is 0 Å². The topological polar surface area (TPSA) is 74.2 Å². The molecule has 0 N–H and O–H groups in total. The summed E-state index contributed by atoms with van der Waals surface area (Å²) in [7, 11) is 1.48. The number of rotatable bonds is 5. The van der Waals surface area contributed by atoms with Gasteiger partial charge in [0.25, 0.3) is 0 Å². The predicted octanol–water partition coefficient (Wildman–Crippen LogP) is 4.57. The van der Waals surface area contributed by atoms with Crippen molar-refractivity contribution in [3.63, 3.8) is 0 Å². The summed E-state index contributed by atoms with van der Waals surface area (Å²) in [6, 6.07) is 21.4. The fourth-order valence-electron chi connectivity index (χ4n) is 3.09. The molecule has 0 spiro atoms. The molecule has 6 heteroatoms. The van der Waals surface area contributed by atoms with Crippen LogP contribution in [0.25, 0.3) is 6.08 Å². The Balaban J connectivity index is 1.58. The summed E-state index contributed by atoms with van der Waals surface area (Å²) in [6.07, 6.45) is 1.59. The molecule has 0 radical (unpaired) electrons. The smallest absolute Gasteiger partial charge is 0.363 e. The van der Waals surface area contributed by atoms with Gasteiger partial charge in [0, 0.05) is 5.56 Å².